The smallest absolute Gasteiger partial charge is 0.392 e. The monoisotopic (exact) mass is 397 g/mol. The third kappa shape index (κ3) is 4.35. The number of ether oxygens (including phenoxy) is 1. The Morgan fingerprint density at radius 1 is 1.18 bits per heavy atom. The number of hydrogen-bond donors (Lipinski definition) is 1. The molecule has 0 spiro atoms. The number of nitrogens with zero attached hydrogens (tertiary/aromatic N) is 2. The molecular weight excluding hydrogens is 378 g/mol. The van der Waals surface area contributed by atoms with Crippen LogP contribution in [0.4, 0.5) is 5.69 Å². The second-order valence-electron chi connectivity index (χ2n) is 6.33. The highest BCUT2D eigenvalue weighted by Gasteiger charge is 2.17. The maximum absolute atomic E-state index is 12.2. The maximum atomic E-state index is 12.2. The van der Waals surface area contributed by atoms with Crippen LogP contribution in [0.2, 0.25) is 0 Å². The quantitative estimate of drug-likeness (QED) is 0.617. The van der Waals surface area contributed by atoms with E-state index in [0.717, 1.165) is 10.5 Å². The number of hydrogen-bond acceptors (Lipinski definition) is 6. The zero-order valence-electron chi connectivity index (χ0n) is 15.1. The standard InChI is InChI=1S/C20H19N3O4S/c24-18-13-28-17-9-8-15(11-16(17)21-18)23-20(25)27-19(22-23)7-4-10-26-12-14-5-2-1-3-6-14/h1-3,5-6,8-9,11H,4,7,10,12-13H2,(H,21,24). The van der Waals surface area contributed by atoms with Gasteiger partial charge in [-0.25, -0.2) is 4.79 Å². The van der Waals surface area contributed by atoms with Gasteiger partial charge in [-0.3, -0.25) is 4.79 Å². The van der Waals surface area contributed by atoms with Crippen LogP contribution in [0, 0.1) is 0 Å². The number of aryl methyl sites for hydroxylation is 1. The van der Waals surface area contributed by atoms with E-state index >= 15 is 0 Å². The molecule has 0 atom stereocenters. The van der Waals surface area contributed by atoms with Crippen LogP contribution in [0.1, 0.15) is 17.9 Å². The Kier molecular flexibility index (Phi) is 5.59. The first kappa shape index (κ1) is 18.5. The Morgan fingerprint density at radius 2 is 2.04 bits per heavy atom. The van der Waals surface area contributed by atoms with Crippen LogP contribution in [0.15, 0.2) is 62.6 Å². The van der Waals surface area contributed by atoms with E-state index in [4.69, 9.17) is 9.15 Å². The molecule has 0 bridgehead atoms. The summed E-state index contributed by atoms with van der Waals surface area (Å²) in [6.45, 7) is 1.10. The van der Waals surface area contributed by atoms with E-state index in [0.29, 0.717) is 49.1 Å². The minimum atomic E-state index is -0.546. The molecule has 4 rings (SSSR count). The van der Waals surface area contributed by atoms with Crippen molar-refractivity contribution < 1.29 is 13.9 Å². The van der Waals surface area contributed by atoms with E-state index in [9.17, 15) is 9.59 Å². The normalized spacial score (nSPS) is 13.2. The fourth-order valence-corrected chi connectivity index (χ4v) is 3.66. The van der Waals surface area contributed by atoms with Crippen molar-refractivity contribution in [2.75, 3.05) is 17.7 Å². The Hall–Kier alpha value is -2.84. The molecule has 0 aliphatic carbocycles. The van der Waals surface area contributed by atoms with Gasteiger partial charge in [-0.2, -0.15) is 4.68 Å². The summed E-state index contributed by atoms with van der Waals surface area (Å²) in [5.74, 6) is 0.157. The SMILES string of the molecule is O=C1CSc2ccc(-n3nc(CCCOCc4ccccc4)oc3=O)cc2N1. The molecule has 28 heavy (non-hydrogen) atoms. The minimum Gasteiger partial charge on any atom is -0.392 e. The molecule has 1 amide bonds. The first-order valence-corrected chi connectivity index (χ1v) is 9.95. The summed E-state index contributed by atoms with van der Waals surface area (Å²) >= 11 is 1.47. The molecule has 1 N–H and O–H groups in total. The van der Waals surface area contributed by atoms with Crippen LogP contribution in [0.3, 0.4) is 0 Å². The topological polar surface area (TPSA) is 86.4 Å². The Bertz CT molecular complexity index is 1030. The molecule has 0 unspecified atom stereocenters. The van der Waals surface area contributed by atoms with Gasteiger partial charge in [0, 0.05) is 17.9 Å². The number of carbonyl (C=O) groups excluding carboxylic acids is 1. The molecule has 1 aliphatic rings. The fraction of sp³-hybridized carbons (Fsp3) is 0.250. The second-order valence-corrected chi connectivity index (χ2v) is 7.35. The molecular formula is C20H19N3O4S. The summed E-state index contributed by atoms with van der Waals surface area (Å²) in [7, 11) is 0. The number of aromatic nitrogens is 2. The van der Waals surface area contributed by atoms with Crippen molar-refractivity contribution in [2.24, 2.45) is 0 Å². The molecule has 2 aromatic carbocycles. The highest BCUT2D eigenvalue weighted by atomic mass is 32.2. The first-order chi connectivity index (χ1) is 13.7. The Labute approximate surface area is 165 Å². The van der Waals surface area contributed by atoms with Gasteiger partial charge in [0.1, 0.15) is 0 Å². The number of amides is 1. The predicted octanol–water partition coefficient (Wildman–Crippen LogP) is 3.02. The number of benzene rings is 2. The van der Waals surface area contributed by atoms with Gasteiger partial charge in [0.2, 0.25) is 11.8 Å². The molecule has 1 aliphatic heterocycles. The van der Waals surface area contributed by atoms with Gasteiger partial charge in [0.05, 0.1) is 23.7 Å². The summed E-state index contributed by atoms with van der Waals surface area (Å²) in [6.07, 6.45) is 1.21. The predicted molar refractivity (Wildman–Crippen MR) is 106 cm³/mol. The van der Waals surface area contributed by atoms with Crippen molar-refractivity contribution in [2.45, 2.75) is 24.3 Å². The van der Waals surface area contributed by atoms with Crippen LogP contribution < -0.4 is 11.1 Å². The summed E-state index contributed by atoms with van der Waals surface area (Å²) in [6, 6.07) is 15.3. The minimum absolute atomic E-state index is 0.0571. The summed E-state index contributed by atoms with van der Waals surface area (Å²) < 4.78 is 12.1. The third-order valence-electron chi connectivity index (χ3n) is 4.22. The lowest BCUT2D eigenvalue weighted by molar-refractivity contribution is -0.113. The molecule has 2 heterocycles. The molecule has 1 aromatic heterocycles. The van der Waals surface area contributed by atoms with Crippen molar-refractivity contribution in [3.8, 4) is 5.69 Å². The van der Waals surface area contributed by atoms with Gasteiger partial charge in [0.15, 0.2) is 0 Å². The summed E-state index contributed by atoms with van der Waals surface area (Å²) in [5, 5.41) is 7.07. The molecule has 0 saturated heterocycles. The zero-order chi connectivity index (χ0) is 19.3. The molecule has 144 valence electrons. The van der Waals surface area contributed by atoms with Crippen LogP contribution in [-0.4, -0.2) is 28.0 Å². The van der Waals surface area contributed by atoms with Gasteiger partial charge in [0.25, 0.3) is 0 Å². The van der Waals surface area contributed by atoms with E-state index in [1.807, 2.05) is 36.4 Å². The second kappa shape index (κ2) is 8.45. The zero-order valence-corrected chi connectivity index (χ0v) is 15.9. The van der Waals surface area contributed by atoms with Crippen LogP contribution in [0.5, 0.6) is 0 Å². The van der Waals surface area contributed by atoms with Crippen LogP contribution in [0.25, 0.3) is 5.69 Å². The number of anilines is 1. The fourth-order valence-electron chi connectivity index (χ4n) is 2.87. The lowest BCUT2D eigenvalue weighted by Gasteiger charge is -2.16. The number of thioether (sulfide) groups is 1. The summed E-state index contributed by atoms with van der Waals surface area (Å²) in [4.78, 5) is 24.7. The average molecular weight is 397 g/mol. The van der Waals surface area contributed by atoms with Crippen LogP contribution in [-0.2, 0) is 22.6 Å². The largest absolute Gasteiger partial charge is 0.441 e. The highest BCUT2D eigenvalue weighted by Crippen LogP contribution is 2.32. The molecule has 8 heteroatoms. The number of carbonyl (C=O) groups is 1. The Balaban J connectivity index is 1.35. The maximum Gasteiger partial charge on any atom is 0.441 e. The molecule has 3 aromatic rings. The molecule has 7 nitrogen and oxygen atoms in total. The molecule has 0 radical (unpaired) electrons. The lowest BCUT2D eigenvalue weighted by atomic mass is 10.2. The van der Waals surface area contributed by atoms with E-state index in [-0.39, 0.29) is 5.91 Å². The van der Waals surface area contributed by atoms with Gasteiger partial charge in [-0.1, -0.05) is 30.3 Å². The van der Waals surface area contributed by atoms with E-state index in [1.165, 1.54) is 16.4 Å². The van der Waals surface area contributed by atoms with E-state index in [2.05, 4.69) is 10.4 Å². The van der Waals surface area contributed by atoms with Crippen molar-refractivity contribution in [1.29, 1.82) is 0 Å². The molecule has 0 fully saturated rings. The van der Waals surface area contributed by atoms with Gasteiger partial charge < -0.3 is 14.5 Å². The summed E-state index contributed by atoms with van der Waals surface area (Å²) in [5.41, 5.74) is 2.36. The van der Waals surface area contributed by atoms with Crippen molar-refractivity contribution in [1.82, 2.24) is 9.78 Å². The van der Waals surface area contributed by atoms with Gasteiger partial charge in [-0.15, -0.1) is 16.9 Å². The number of fused-ring (bicyclic) bond motifs is 1. The Morgan fingerprint density at radius 3 is 2.89 bits per heavy atom. The molecule has 0 saturated carbocycles. The van der Waals surface area contributed by atoms with Gasteiger partial charge >= 0.3 is 5.76 Å². The number of nitrogens with one attached hydrogen (secondary N) is 1. The lowest BCUT2D eigenvalue weighted by Crippen LogP contribution is -2.20. The average Bonchev–Trinajstić information content (AvgIpc) is 3.08. The number of rotatable bonds is 7. The highest BCUT2D eigenvalue weighted by molar-refractivity contribution is 8.00. The van der Waals surface area contributed by atoms with Crippen molar-refractivity contribution in [3.63, 3.8) is 0 Å². The van der Waals surface area contributed by atoms with Crippen molar-refractivity contribution >= 4 is 23.4 Å². The van der Waals surface area contributed by atoms with E-state index in [1.54, 1.807) is 12.1 Å². The van der Waals surface area contributed by atoms with E-state index < -0.39 is 5.76 Å². The van der Waals surface area contributed by atoms with Crippen molar-refractivity contribution in [3.05, 3.63) is 70.5 Å². The van der Waals surface area contributed by atoms with Gasteiger partial charge in [-0.05, 0) is 30.2 Å². The third-order valence-corrected chi connectivity index (χ3v) is 5.29. The van der Waals surface area contributed by atoms with Crippen LogP contribution >= 0.6 is 11.8 Å². The first-order valence-electron chi connectivity index (χ1n) is 8.97.